The molecule has 0 saturated carbocycles. The Morgan fingerprint density at radius 3 is 2.89 bits per heavy atom. The summed E-state index contributed by atoms with van der Waals surface area (Å²) in [6.07, 6.45) is 5.61. The Labute approximate surface area is 106 Å². The van der Waals surface area contributed by atoms with E-state index in [0.29, 0.717) is 0 Å². The second kappa shape index (κ2) is 4.20. The summed E-state index contributed by atoms with van der Waals surface area (Å²) in [6.45, 7) is 4.34. The van der Waals surface area contributed by atoms with Crippen LogP contribution in [0.15, 0.2) is 12.5 Å². The lowest BCUT2D eigenvalue weighted by Crippen LogP contribution is -2.45. The summed E-state index contributed by atoms with van der Waals surface area (Å²) in [5, 5.41) is 12.2. The summed E-state index contributed by atoms with van der Waals surface area (Å²) in [6, 6.07) is 0. The number of hydrogen-bond donors (Lipinski definition) is 2. The number of piperidine rings is 1. The summed E-state index contributed by atoms with van der Waals surface area (Å²) in [5.74, 6) is 0.887. The number of hydrogen-bond acceptors (Lipinski definition) is 5. The molecule has 2 aromatic heterocycles. The van der Waals surface area contributed by atoms with Gasteiger partial charge in [0.05, 0.1) is 11.6 Å². The van der Waals surface area contributed by atoms with Crippen molar-refractivity contribution in [2.45, 2.75) is 25.3 Å². The number of anilines is 1. The molecule has 0 atom stereocenters. The van der Waals surface area contributed by atoms with Crippen molar-refractivity contribution in [1.29, 1.82) is 0 Å². The Hall–Kier alpha value is -1.69. The average Bonchev–Trinajstić information content (AvgIpc) is 2.73. The molecule has 2 aromatic rings. The molecule has 0 bridgehead atoms. The van der Waals surface area contributed by atoms with E-state index in [1.54, 1.807) is 11.0 Å². The van der Waals surface area contributed by atoms with Gasteiger partial charge in [-0.15, -0.1) is 0 Å². The van der Waals surface area contributed by atoms with Crippen molar-refractivity contribution < 1.29 is 0 Å². The van der Waals surface area contributed by atoms with Crippen molar-refractivity contribution in [3.05, 3.63) is 12.5 Å². The molecule has 1 aliphatic heterocycles. The maximum atomic E-state index is 4.36. The van der Waals surface area contributed by atoms with Gasteiger partial charge in [0.25, 0.3) is 0 Å². The molecule has 2 N–H and O–H groups in total. The average molecular weight is 246 g/mol. The zero-order valence-corrected chi connectivity index (χ0v) is 10.8. The fourth-order valence-corrected chi connectivity index (χ4v) is 2.45. The van der Waals surface area contributed by atoms with Gasteiger partial charge < -0.3 is 10.6 Å². The third kappa shape index (κ3) is 1.92. The first-order valence-electron chi connectivity index (χ1n) is 6.30. The van der Waals surface area contributed by atoms with Crippen molar-refractivity contribution in [2.75, 3.05) is 18.4 Å². The third-order valence-electron chi connectivity index (χ3n) is 3.66. The Bertz CT molecular complexity index is 555. The molecule has 18 heavy (non-hydrogen) atoms. The van der Waals surface area contributed by atoms with Gasteiger partial charge in [-0.1, -0.05) is 0 Å². The first-order chi connectivity index (χ1) is 8.68. The smallest absolute Gasteiger partial charge is 0.163 e. The fraction of sp³-hybridized carbons (Fsp3) is 0.583. The Morgan fingerprint density at radius 2 is 2.11 bits per heavy atom. The lowest BCUT2D eigenvalue weighted by molar-refractivity contribution is 0.364. The van der Waals surface area contributed by atoms with Crippen LogP contribution in [-0.4, -0.2) is 38.4 Å². The van der Waals surface area contributed by atoms with E-state index in [1.807, 2.05) is 13.2 Å². The van der Waals surface area contributed by atoms with Gasteiger partial charge in [0.2, 0.25) is 0 Å². The third-order valence-corrected chi connectivity index (χ3v) is 3.66. The largest absolute Gasteiger partial charge is 0.364 e. The minimum Gasteiger partial charge on any atom is -0.364 e. The van der Waals surface area contributed by atoms with Crippen LogP contribution < -0.4 is 10.6 Å². The summed E-state index contributed by atoms with van der Waals surface area (Å²) in [4.78, 5) is 8.62. The van der Waals surface area contributed by atoms with Crippen LogP contribution in [0.25, 0.3) is 11.0 Å². The van der Waals surface area contributed by atoms with E-state index in [4.69, 9.17) is 0 Å². The van der Waals surface area contributed by atoms with Crippen LogP contribution in [0.3, 0.4) is 0 Å². The molecule has 1 aliphatic rings. The van der Waals surface area contributed by atoms with E-state index < -0.39 is 0 Å². The standard InChI is InChI=1S/C12H18N6/c1-12(3-5-13-6-4-12)17-10-9-7-16-18(2)11(9)15-8-14-10/h7-8,13H,3-6H2,1-2H3,(H,14,15,17). The molecule has 3 heterocycles. The molecule has 0 spiro atoms. The number of rotatable bonds is 2. The van der Waals surface area contributed by atoms with Gasteiger partial charge in [0, 0.05) is 12.6 Å². The number of nitrogens with one attached hydrogen (secondary N) is 2. The van der Waals surface area contributed by atoms with E-state index in [2.05, 4.69) is 32.6 Å². The molecule has 6 nitrogen and oxygen atoms in total. The zero-order chi connectivity index (χ0) is 12.6. The van der Waals surface area contributed by atoms with Crippen LogP contribution in [0.4, 0.5) is 5.82 Å². The molecule has 0 aromatic carbocycles. The van der Waals surface area contributed by atoms with Crippen LogP contribution in [0.5, 0.6) is 0 Å². The highest BCUT2D eigenvalue weighted by Gasteiger charge is 2.27. The SMILES string of the molecule is Cn1ncc2c(NC3(C)CCNCC3)ncnc21. The van der Waals surface area contributed by atoms with Crippen LogP contribution in [0.1, 0.15) is 19.8 Å². The lowest BCUT2D eigenvalue weighted by atomic mass is 9.90. The van der Waals surface area contributed by atoms with Crippen molar-refractivity contribution in [2.24, 2.45) is 7.05 Å². The topological polar surface area (TPSA) is 67.7 Å². The predicted octanol–water partition coefficient (Wildman–Crippen LogP) is 0.917. The van der Waals surface area contributed by atoms with Gasteiger partial charge in [0.15, 0.2) is 5.65 Å². The lowest BCUT2D eigenvalue weighted by Gasteiger charge is -2.35. The van der Waals surface area contributed by atoms with Gasteiger partial charge in [-0.3, -0.25) is 4.68 Å². The molecular weight excluding hydrogens is 228 g/mol. The normalized spacial score (nSPS) is 19.0. The van der Waals surface area contributed by atoms with E-state index >= 15 is 0 Å². The molecular formula is C12H18N6. The van der Waals surface area contributed by atoms with E-state index in [9.17, 15) is 0 Å². The number of aryl methyl sites for hydroxylation is 1. The van der Waals surface area contributed by atoms with Gasteiger partial charge in [-0.05, 0) is 32.9 Å². The molecule has 0 aliphatic carbocycles. The molecule has 1 saturated heterocycles. The van der Waals surface area contributed by atoms with Gasteiger partial charge in [0.1, 0.15) is 12.1 Å². The van der Waals surface area contributed by atoms with Crippen LogP contribution in [0.2, 0.25) is 0 Å². The van der Waals surface area contributed by atoms with E-state index in [-0.39, 0.29) is 5.54 Å². The Morgan fingerprint density at radius 1 is 1.33 bits per heavy atom. The zero-order valence-electron chi connectivity index (χ0n) is 10.8. The second-order valence-corrected chi connectivity index (χ2v) is 5.16. The van der Waals surface area contributed by atoms with Crippen molar-refractivity contribution in [1.82, 2.24) is 25.1 Å². The van der Waals surface area contributed by atoms with Crippen molar-refractivity contribution >= 4 is 16.9 Å². The predicted molar refractivity (Wildman–Crippen MR) is 70.4 cm³/mol. The molecule has 0 amide bonds. The van der Waals surface area contributed by atoms with Gasteiger partial charge in [-0.2, -0.15) is 5.10 Å². The minimum atomic E-state index is 0.0996. The van der Waals surface area contributed by atoms with Gasteiger partial charge >= 0.3 is 0 Å². The number of fused-ring (bicyclic) bond motifs is 1. The highest BCUT2D eigenvalue weighted by Crippen LogP contribution is 2.26. The fourth-order valence-electron chi connectivity index (χ4n) is 2.45. The highest BCUT2D eigenvalue weighted by molar-refractivity contribution is 5.86. The van der Waals surface area contributed by atoms with Crippen LogP contribution in [-0.2, 0) is 7.05 Å². The molecule has 6 heteroatoms. The Kier molecular flexibility index (Phi) is 2.66. The number of aromatic nitrogens is 4. The molecule has 96 valence electrons. The maximum Gasteiger partial charge on any atom is 0.163 e. The maximum absolute atomic E-state index is 4.36. The van der Waals surface area contributed by atoms with Crippen LogP contribution >= 0.6 is 0 Å². The van der Waals surface area contributed by atoms with Crippen molar-refractivity contribution in [3.63, 3.8) is 0 Å². The summed E-state index contributed by atoms with van der Waals surface area (Å²) in [5.41, 5.74) is 0.965. The molecule has 0 radical (unpaired) electrons. The first-order valence-corrected chi connectivity index (χ1v) is 6.30. The summed E-state index contributed by atoms with van der Waals surface area (Å²) < 4.78 is 1.77. The monoisotopic (exact) mass is 246 g/mol. The second-order valence-electron chi connectivity index (χ2n) is 5.16. The van der Waals surface area contributed by atoms with Crippen molar-refractivity contribution in [3.8, 4) is 0 Å². The van der Waals surface area contributed by atoms with Crippen LogP contribution in [0, 0.1) is 0 Å². The van der Waals surface area contributed by atoms with E-state index in [0.717, 1.165) is 42.8 Å². The molecule has 3 rings (SSSR count). The number of nitrogens with zero attached hydrogens (tertiary/aromatic N) is 4. The summed E-state index contributed by atoms with van der Waals surface area (Å²) in [7, 11) is 1.89. The van der Waals surface area contributed by atoms with E-state index in [1.165, 1.54) is 0 Å². The minimum absolute atomic E-state index is 0.0996. The quantitative estimate of drug-likeness (QED) is 0.824. The highest BCUT2D eigenvalue weighted by atomic mass is 15.3. The van der Waals surface area contributed by atoms with Gasteiger partial charge in [-0.25, -0.2) is 9.97 Å². The summed E-state index contributed by atoms with van der Waals surface area (Å²) >= 11 is 0. The first kappa shape index (κ1) is 11.4. The molecule has 1 fully saturated rings. The molecule has 0 unspecified atom stereocenters. The Balaban J connectivity index is 1.94.